The van der Waals surface area contributed by atoms with Crippen molar-refractivity contribution < 1.29 is 9.53 Å². The third kappa shape index (κ3) is 4.39. The van der Waals surface area contributed by atoms with E-state index in [4.69, 9.17) is 4.74 Å². The molecule has 0 fully saturated rings. The van der Waals surface area contributed by atoms with Crippen molar-refractivity contribution in [3.05, 3.63) is 83.7 Å². The van der Waals surface area contributed by atoms with Crippen LogP contribution in [0.25, 0.3) is 0 Å². The molecule has 0 atom stereocenters. The molecular weight excluding hydrogens is 326 g/mol. The van der Waals surface area contributed by atoms with Gasteiger partial charge in [-0.25, -0.2) is 4.98 Å². The first-order valence-electron chi connectivity index (χ1n) is 8.35. The number of aryl methyl sites for hydroxylation is 1. The summed E-state index contributed by atoms with van der Waals surface area (Å²) in [5.74, 6) is 0.525. The van der Waals surface area contributed by atoms with Gasteiger partial charge in [-0.15, -0.1) is 0 Å². The SMILES string of the molecule is COc1ccccc1CNC(=O)c1ccc(Nc2cccc(C)c2)cn1. The van der Waals surface area contributed by atoms with Crippen LogP contribution in [0.2, 0.25) is 0 Å². The van der Waals surface area contributed by atoms with E-state index in [9.17, 15) is 4.79 Å². The van der Waals surface area contributed by atoms with Gasteiger partial charge in [-0.2, -0.15) is 0 Å². The molecule has 2 N–H and O–H groups in total. The lowest BCUT2D eigenvalue weighted by Gasteiger charge is -2.10. The molecule has 0 aliphatic heterocycles. The highest BCUT2D eigenvalue weighted by Gasteiger charge is 2.09. The number of methoxy groups -OCH3 is 1. The largest absolute Gasteiger partial charge is 0.496 e. The zero-order chi connectivity index (χ0) is 18.4. The molecule has 26 heavy (non-hydrogen) atoms. The molecule has 3 rings (SSSR count). The Morgan fingerprint density at radius 2 is 1.88 bits per heavy atom. The zero-order valence-electron chi connectivity index (χ0n) is 14.8. The minimum Gasteiger partial charge on any atom is -0.496 e. The van der Waals surface area contributed by atoms with Crippen LogP contribution < -0.4 is 15.4 Å². The van der Waals surface area contributed by atoms with E-state index < -0.39 is 0 Å². The summed E-state index contributed by atoms with van der Waals surface area (Å²) in [7, 11) is 1.61. The Morgan fingerprint density at radius 3 is 2.62 bits per heavy atom. The van der Waals surface area contributed by atoms with Crippen LogP contribution in [0.3, 0.4) is 0 Å². The lowest BCUT2D eigenvalue weighted by atomic mass is 10.2. The number of carbonyl (C=O) groups is 1. The molecule has 1 aromatic heterocycles. The van der Waals surface area contributed by atoms with Gasteiger partial charge < -0.3 is 15.4 Å². The number of aromatic nitrogens is 1. The Labute approximate surface area is 153 Å². The molecule has 0 saturated carbocycles. The number of rotatable bonds is 6. The zero-order valence-corrected chi connectivity index (χ0v) is 14.8. The van der Waals surface area contributed by atoms with E-state index in [0.717, 1.165) is 22.7 Å². The Hall–Kier alpha value is -3.34. The van der Waals surface area contributed by atoms with E-state index in [-0.39, 0.29) is 5.91 Å². The first-order valence-corrected chi connectivity index (χ1v) is 8.35. The Morgan fingerprint density at radius 1 is 1.04 bits per heavy atom. The van der Waals surface area contributed by atoms with Crippen molar-refractivity contribution >= 4 is 17.3 Å². The number of hydrogen-bond acceptors (Lipinski definition) is 4. The monoisotopic (exact) mass is 347 g/mol. The molecule has 3 aromatic rings. The lowest BCUT2D eigenvalue weighted by molar-refractivity contribution is 0.0946. The molecule has 0 aliphatic carbocycles. The van der Waals surface area contributed by atoms with Crippen LogP contribution in [0.15, 0.2) is 66.9 Å². The van der Waals surface area contributed by atoms with Gasteiger partial charge in [0.15, 0.2) is 0 Å². The van der Waals surface area contributed by atoms with E-state index in [2.05, 4.69) is 15.6 Å². The van der Waals surface area contributed by atoms with Crippen LogP contribution in [0.1, 0.15) is 21.6 Å². The fourth-order valence-electron chi connectivity index (χ4n) is 2.61. The molecule has 0 bridgehead atoms. The summed E-state index contributed by atoms with van der Waals surface area (Å²) in [5.41, 5.74) is 4.28. The summed E-state index contributed by atoms with van der Waals surface area (Å²) in [6.07, 6.45) is 1.65. The summed E-state index contributed by atoms with van der Waals surface area (Å²) in [6, 6.07) is 19.2. The van der Waals surface area contributed by atoms with Crippen molar-refractivity contribution in [2.45, 2.75) is 13.5 Å². The maximum Gasteiger partial charge on any atom is 0.270 e. The number of nitrogens with one attached hydrogen (secondary N) is 2. The van der Waals surface area contributed by atoms with Crippen molar-refractivity contribution in [2.24, 2.45) is 0 Å². The number of para-hydroxylation sites is 1. The van der Waals surface area contributed by atoms with Crippen LogP contribution in [0.5, 0.6) is 5.75 Å². The molecule has 5 heteroatoms. The Bertz CT molecular complexity index is 892. The predicted molar refractivity (Wildman–Crippen MR) is 103 cm³/mol. The third-order valence-corrected chi connectivity index (χ3v) is 3.93. The highest BCUT2D eigenvalue weighted by Crippen LogP contribution is 2.18. The highest BCUT2D eigenvalue weighted by molar-refractivity contribution is 5.92. The molecule has 0 spiro atoms. The summed E-state index contributed by atoms with van der Waals surface area (Å²) >= 11 is 0. The summed E-state index contributed by atoms with van der Waals surface area (Å²) in [5, 5.41) is 6.14. The topological polar surface area (TPSA) is 63.2 Å². The van der Waals surface area contributed by atoms with Crippen LogP contribution in [-0.2, 0) is 6.54 Å². The second-order valence-electron chi connectivity index (χ2n) is 5.92. The van der Waals surface area contributed by atoms with E-state index in [1.165, 1.54) is 5.56 Å². The van der Waals surface area contributed by atoms with E-state index in [0.29, 0.717) is 12.2 Å². The normalized spacial score (nSPS) is 10.2. The smallest absolute Gasteiger partial charge is 0.270 e. The third-order valence-electron chi connectivity index (χ3n) is 3.93. The number of benzene rings is 2. The number of hydrogen-bond donors (Lipinski definition) is 2. The van der Waals surface area contributed by atoms with E-state index in [1.54, 1.807) is 19.4 Å². The van der Waals surface area contributed by atoms with Crippen LogP contribution >= 0.6 is 0 Å². The maximum absolute atomic E-state index is 12.3. The van der Waals surface area contributed by atoms with Crippen molar-refractivity contribution in [3.63, 3.8) is 0 Å². The molecular formula is C21H21N3O2. The van der Waals surface area contributed by atoms with Crippen molar-refractivity contribution in [3.8, 4) is 5.75 Å². The number of nitrogens with zero attached hydrogens (tertiary/aromatic N) is 1. The molecule has 0 aliphatic rings. The molecule has 5 nitrogen and oxygen atoms in total. The van der Waals surface area contributed by atoms with Gasteiger partial charge in [0.05, 0.1) is 19.0 Å². The van der Waals surface area contributed by atoms with Crippen molar-refractivity contribution in [1.82, 2.24) is 10.3 Å². The lowest BCUT2D eigenvalue weighted by Crippen LogP contribution is -2.24. The average molecular weight is 347 g/mol. The van der Waals surface area contributed by atoms with Gasteiger partial charge in [0.1, 0.15) is 11.4 Å². The second kappa shape index (κ2) is 8.16. The maximum atomic E-state index is 12.3. The van der Waals surface area contributed by atoms with Gasteiger partial charge in [-0.1, -0.05) is 30.3 Å². The van der Waals surface area contributed by atoms with E-state index in [1.807, 2.05) is 61.5 Å². The molecule has 2 aromatic carbocycles. The molecule has 0 unspecified atom stereocenters. The van der Waals surface area contributed by atoms with Gasteiger partial charge in [0.25, 0.3) is 5.91 Å². The number of pyridine rings is 1. The average Bonchev–Trinajstić information content (AvgIpc) is 2.67. The van der Waals surface area contributed by atoms with Gasteiger partial charge in [-0.05, 0) is 42.8 Å². The first kappa shape index (κ1) is 17.5. The van der Waals surface area contributed by atoms with Gasteiger partial charge in [0.2, 0.25) is 0 Å². The first-order chi connectivity index (χ1) is 12.7. The van der Waals surface area contributed by atoms with Crippen LogP contribution in [-0.4, -0.2) is 18.0 Å². The van der Waals surface area contributed by atoms with Crippen LogP contribution in [0.4, 0.5) is 11.4 Å². The molecule has 0 radical (unpaired) electrons. The summed E-state index contributed by atoms with van der Waals surface area (Å²) in [4.78, 5) is 16.5. The number of anilines is 2. The fourth-order valence-corrected chi connectivity index (χ4v) is 2.61. The Kier molecular flexibility index (Phi) is 5.49. The number of amides is 1. The molecule has 1 heterocycles. The molecule has 0 saturated heterocycles. The van der Waals surface area contributed by atoms with Crippen LogP contribution in [0, 0.1) is 6.92 Å². The fraction of sp³-hybridized carbons (Fsp3) is 0.143. The predicted octanol–water partition coefficient (Wildman–Crippen LogP) is 4.07. The quantitative estimate of drug-likeness (QED) is 0.705. The minimum atomic E-state index is -0.224. The minimum absolute atomic E-state index is 0.224. The van der Waals surface area contributed by atoms with E-state index >= 15 is 0 Å². The van der Waals surface area contributed by atoms with Gasteiger partial charge >= 0.3 is 0 Å². The van der Waals surface area contributed by atoms with Gasteiger partial charge in [-0.3, -0.25) is 4.79 Å². The standard InChI is InChI=1S/C21H21N3O2/c1-15-6-5-8-17(12-15)24-18-10-11-19(22-14-18)21(25)23-13-16-7-3-4-9-20(16)26-2/h3-12,14,24H,13H2,1-2H3,(H,23,25). The summed E-state index contributed by atoms with van der Waals surface area (Å²) in [6.45, 7) is 2.42. The highest BCUT2D eigenvalue weighted by atomic mass is 16.5. The van der Waals surface area contributed by atoms with Crippen molar-refractivity contribution in [1.29, 1.82) is 0 Å². The summed E-state index contributed by atoms with van der Waals surface area (Å²) < 4.78 is 5.29. The molecule has 132 valence electrons. The van der Waals surface area contributed by atoms with Gasteiger partial charge in [0, 0.05) is 17.8 Å². The van der Waals surface area contributed by atoms with Crippen molar-refractivity contribution in [2.75, 3.05) is 12.4 Å². The number of carbonyl (C=O) groups excluding carboxylic acids is 1. The second-order valence-corrected chi connectivity index (χ2v) is 5.92. The number of ether oxygens (including phenoxy) is 1. The molecule has 1 amide bonds. The Balaban J connectivity index is 1.61.